The molecule has 6 nitrogen and oxygen atoms in total. The third-order valence-corrected chi connectivity index (χ3v) is 4.10. The van der Waals surface area contributed by atoms with Gasteiger partial charge in [-0.2, -0.15) is 0 Å². The van der Waals surface area contributed by atoms with Crippen LogP contribution in [0.4, 0.5) is 10.5 Å². The van der Waals surface area contributed by atoms with Gasteiger partial charge in [0.2, 0.25) is 0 Å². The van der Waals surface area contributed by atoms with Crippen LogP contribution in [0, 0.1) is 0 Å². The molecule has 0 unspecified atom stereocenters. The number of carbonyl (C=O) groups is 1. The highest BCUT2D eigenvalue weighted by Gasteiger charge is 2.32. The number of benzene rings is 1. The van der Waals surface area contributed by atoms with Crippen molar-refractivity contribution in [2.24, 2.45) is 0 Å². The fraction of sp³-hybridized carbons (Fsp3) is 0.412. The van der Waals surface area contributed by atoms with Crippen LogP contribution in [-0.4, -0.2) is 29.7 Å². The van der Waals surface area contributed by atoms with E-state index in [2.05, 4.69) is 10.5 Å². The van der Waals surface area contributed by atoms with Crippen LogP contribution < -0.4 is 10.1 Å². The van der Waals surface area contributed by atoms with E-state index < -0.39 is 0 Å². The van der Waals surface area contributed by atoms with Crippen molar-refractivity contribution in [1.29, 1.82) is 0 Å². The maximum atomic E-state index is 12.6. The summed E-state index contributed by atoms with van der Waals surface area (Å²) in [5.41, 5.74) is 1.63. The van der Waals surface area contributed by atoms with Gasteiger partial charge in [-0.3, -0.25) is 0 Å². The van der Waals surface area contributed by atoms with Crippen LogP contribution in [0.25, 0.3) is 0 Å². The van der Waals surface area contributed by atoms with Crippen LogP contribution in [-0.2, 0) is 6.42 Å². The molecule has 1 aromatic heterocycles. The second-order valence-corrected chi connectivity index (χ2v) is 5.59. The standard InChI is InChI=1S/C17H21N3O3/c1-3-12-11-16(23-19-12)15-8-5-9-20(15)17(21)18-13-6-4-7-14(10-13)22-2/h4,6-7,10-11,15H,3,5,8-9H2,1-2H3,(H,18,21)/t15-/m0/s1. The Morgan fingerprint density at radius 2 is 2.35 bits per heavy atom. The Bertz CT molecular complexity index is 683. The number of nitrogens with one attached hydrogen (secondary N) is 1. The van der Waals surface area contributed by atoms with E-state index in [1.807, 2.05) is 31.2 Å². The van der Waals surface area contributed by atoms with Gasteiger partial charge in [0.1, 0.15) is 5.75 Å². The monoisotopic (exact) mass is 315 g/mol. The zero-order valence-corrected chi connectivity index (χ0v) is 13.4. The SMILES string of the molecule is CCc1cc([C@@H]2CCCN2C(=O)Nc2cccc(OC)c2)on1. The molecule has 1 fully saturated rings. The number of hydrogen-bond acceptors (Lipinski definition) is 4. The number of amides is 2. The fourth-order valence-corrected chi connectivity index (χ4v) is 2.85. The number of ether oxygens (including phenoxy) is 1. The molecule has 0 radical (unpaired) electrons. The molecule has 0 bridgehead atoms. The summed E-state index contributed by atoms with van der Waals surface area (Å²) in [4.78, 5) is 14.4. The summed E-state index contributed by atoms with van der Waals surface area (Å²) in [5, 5.41) is 6.95. The molecule has 0 saturated carbocycles. The number of anilines is 1. The topological polar surface area (TPSA) is 67.6 Å². The van der Waals surface area contributed by atoms with Gasteiger partial charge < -0.3 is 19.5 Å². The summed E-state index contributed by atoms with van der Waals surface area (Å²) >= 11 is 0. The Morgan fingerprint density at radius 1 is 1.48 bits per heavy atom. The normalized spacial score (nSPS) is 17.3. The first-order chi connectivity index (χ1) is 11.2. The number of nitrogens with zero attached hydrogens (tertiary/aromatic N) is 2. The lowest BCUT2D eigenvalue weighted by Gasteiger charge is -2.23. The molecule has 0 spiro atoms. The molecule has 2 aromatic rings. The van der Waals surface area contributed by atoms with Crippen molar-refractivity contribution in [1.82, 2.24) is 10.1 Å². The minimum atomic E-state index is -0.129. The van der Waals surface area contributed by atoms with E-state index in [0.717, 1.165) is 30.7 Å². The first-order valence-electron chi connectivity index (χ1n) is 7.88. The van der Waals surface area contributed by atoms with Crippen LogP contribution in [0.2, 0.25) is 0 Å². The zero-order chi connectivity index (χ0) is 16.2. The summed E-state index contributed by atoms with van der Waals surface area (Å²) in [6.07, 6.45) is 2.68. The molecular formula is C17H21N3O3. The highest BCUT2D eigenvalue weighted by molar-refractivity contribution is 5.90. The van der Waals surface area contributed by atoms with Crippen LogP contribution in [0.5, 0.6) is 5.75 Å². The van der Waals surface area contributed by atoms with Gasteiger partial charge in [-0.15, -0.1) is 0 Å². The van der Waals surface area contributed by atoms with E-state index in [-0.39, 0.29) is 12.1 Å². The Hall–Kier alpha value is -2.50. The molecule has 3 rings (SSSR count). The van der Waals surface area contributed by atoms with Crippen molar-refractivity contribution in [2.75, 3.05) is 19.0 Å². The number of hydrogen-bond donors (Lipinski definition) is 1. The molecule has 6 heteroatoms. The molecule has 122 valence electrons. The fourth-order valence-electron chi connectivity index (χ4n) is 2.85. The molecule has 1 aliphatic rings. The van der Waals surface area contributed by atoms with Gasteiger partial charge in [0.15, 0.2) is 5.76 Å². The van der Waals surface area contributed by atoms with E-state index in [4.69, 9.17) is 9.26 Å². The smallest absolute Gasteiger partial charge is 0.322 e. The van der Waals surface area contributed by atoms with Gasteiger partial charge in [0.05, 0.1) is 18.8 Å². The minimum Gasteiger partial charge on any atom is -0.497 e. The Labute approximate surface area is 135 Å². The second-order valence-electron chi connectivity index (χ2n) is 5.59. The maximum absolute atomic E-state index is 12.6. The first kappa shape index (κ1) is 15.4. The average Bonchev–Trinajstić information content (AvgIpc) is 3.23. The molecule has 1 aromatic carbocycles. The molecule has 1 atom stereocenters. The van der Waals surface area contributed by atoms with Gasteiger partial charge in [-0.05, 0) is 31.4 Å². The molecule has 23 heavy (non-hydrogen) atoms. The minimum absolute atomic E-state index is 0.0478. The summed E-state index contributed by atoms with van der Waals surface area (Å²) in [6, 6.07) is 9.10. The van der Waals surface area contributed by atoms with E-state index >= 15 is 0 Å². The van der Waals surface area contributed by atoms with Crippen molar-refractivity contribution in [3.63, 3.8) is 0 Å². The predicted octanol–water partition coefficient (Wildman–Crippen LogP) is 3.61. The zero-order valence-electron chi connectivity index (χ0n) is 13.4. The lowest BCUT2D eigenvalue weighted by Crippen LogP contribution is -2.34. The molecule has 1 aliphatic heterocycles. The molecule has 0 aliphatic carbocycles. The van der Waals surface area contributed by atoms with Crippen LogP contribution >= 0.6 is 0 Å². The Kier molecular flexibility index (Phi) is 4.50. The van der Waals surface area contributed by atoms with Crippen molar-refractivity contribution in [2.45, 2.75) is 32.2 Å². The highest BCUT2D eigenvalue weighted by Crippen LogP contribution is 2.33. The van der Waals surface area contributed by atoms with Crippen LogP contribution in [0.3, 0.4) is 0 Å². The number of carbonyl (C=O) groups excluding carboxylic acids is 1. The maximum Gasteiger partial charge on any atom is 0.322 e. The third-order valence-electron chi connectivity index (χ3n) is 4.10. The van der Waals surface area contributed by atoms with Crippen molar-refractivity contribution < 1.29 is 14.1 Å². The van der Waals surface area contributed by atoms with Gasteiger partial charge in [-0.25, -0.2) is 4.79 Å². The first-order valence-corrected chi connectivity index (χ1v) is 7.88. The lowest BCUT2D eigenvalue weighted by molar-refractivity contribution is 0.195. The van der Waals surface area contributed by atoms with E-state index in [1.54, 1.807) is 18.1 Å². The number of likely N-dealkylation sites (tertiary alicyclic amines) is 1. The van der Waals surface area contributed by atoms with Gasteiger partial charge in [0, 0.05) is 24.4 Å². The number of urea groups is 1. The summed E-state index contributed by atoms with van der Waals surface area (Å²) < 4.78 is 10.6. The number of rotatable bonds is 4. The highest BCUT2D eigenvalue weighted by atomic mass is 16.5. The quantitative estimate of drug-likeness (QED) is 0.936. The molecule has 2 heterocycles. The van der Waals surface area contributed by atoms with Crippen LogP contribution in [0.1, 0.15) is 37.3 Å². The van der Waals surface area contributed by atoms with Crippen LogP contribution in [0.15, 0.2) is 34.9 Å². The summed E-state index contributed by atoms with van der Waals surface area (Å²) in [6.45, 7) is 2.74. The third kappa shape index (κ3) is 3.31. The van der Waals surface area contributed by atoms with Crippen molar-refractivity contribution >= 4 is 11.7 Å². The number of aromatic nitrogens is 1. The van der Waals surface area contributed by atoms with Crippen molar-refractivity contribution in [3.8, 4) is 5.75 Å². The van der Waals surface area contributed by atoms with Crippen molar-refractivity contribution in [3.05, 3.63) is 41.8 Å². The Balaban J connectivity index is 1.72. The summed E-state index contributed by atoms with van der Waals surface area (Å²) in [5.74, 6) is 1.48. The summed E-state index contributed by atoms with van der Waals surface area (Å²) in [7, 11) is 1.60. The average molecular weight is 315 g/mol. The van der Waals surface area contributed by atoms with E-state index in [9.17, 15) is 4.79 Å². The molecular weight excluding hydrogens is 294 g/mol. The van der Waals surface area contributed by atoms with E-state index in [0.29, 0.717) is 18.0 Å². The van der Waals surface area contributed by atoms with Gasteiger partial charge >= 0.3 is 6.03 Å². The molecule has 1 N–H and O–H groups in total. The van der Waals surface area contributed by atoms with Gasteiger partial charge in [0.25, 0.3) is 0 Å². The predicted molar refractivity (Wildman–Crippen MR) is 86.6 cm³/mol. The lowest BCUT2D eigenvalue weighted by atomic mass is 10.1. The Morgan fingerprint density at radius 3 is 3.09 bits per heavy atom. The number of aryl methyl sites for hydroxylation is 1. The second kappa shape index (κ2) is 6.73. The molecule has 1 saturated heterocycles. The largest absolute Gasteiger partial charge is 0.497 e. The molecule has 2 amide bonds. The van der Waals surface area contributed by atoms with Gasteiger partial charge in [-0.1, -0.05) is 18.1 Å². The number of methoxy groups -OCH3 is 1. The van der Waals surface area contributed by atoms with E-state index in [1.165, 1.54) is 0 Å².